The van der Waals surface area contributed by atoms with Crippen molar-refractivity contribution in [3.8, 4) is 11.5 Å². The number of fused-ring (bicyclic) bond motifs is 4. The van der Waals surface area contributed by atoms with Crippen molar-refractivity contribution in [1.29, 1.82) is 0 Å². The number of hydrogen-bond donors (Lipinski definition) is 2. The second-order valence-electron chi connectivity index (χ2n) is 9.33. The Morgan fingerprint density at radius 1 is 1.03 bits per heavy atom. The molecule has 4 rings (SSSR count). The predicted molar refractivity (Wildman–Crippen MR) is 128 cm³/mol. The molecule has 182 valence electrons. The monoisotopic (exact) mass is 468 g/mol. The highest BCUT2D eigenvalue weighted by Crippen LogP contribution is 2.35. The van der Waals surface area contributed by atoms with Crippen molar-refractivity contribution >= 4 is 17.6 Å². The van der Waals surface area contributed by atoms with E-state index in [-0.39, 0.29) is 35.3 Å². The van der Waals surface area contributed by atoms with E-state index in [9.17, 15) is 14.4 Å². The maximum Gasteiger partial charge on any atom is 0.318 e. The number of ether oxygens (including phenoxy) is 2. The number of carbonyl (C=O) groups excluding carboxylic acids is 2. The van der Waals surface area contributed by atoms with Crippen LogP contribution in [0.5, 0.6) is 11.5 Å². The lowest BCUT2D eigenvalue weighted by molar-refractivity contribution is -0.118. The zero-order chi connectivity index (χ0) is 24.4. The highest BCUT2D eigenvalue weighted by Gasteiger charge is 2.37. The molecule has 0 aliphatic carbocycles. The van der Waals surface area contributed by atoms with Crippen molar-refractivity contribution in [2.24, 2.45) is 11.8 Å². The minimum absolute atomic E-state index is 0.0109. The van der Waals surface area contributed by atoms with Gasteiger partial charge in [0, 0.05) is 49.1 Å². The molecule has 9 nitrogen and oxygen atoms in total. The summed E-state index contributed by atoms with van der Waals surface area (Å²) in [5, 5.41) is 5.80. The van der Waals surface area contributed by atoms with Crippen LogP contribution in [0.1, 0.15) is 31.9 Å². The molecule has 34 heavy (non-hydrogen) atoms. The largest absolute Gasteiger partial charge is 0.493 e. The summed E-state index contributed by atoms with van der Waals surface area (Å²) >= 11 is 0. The summed E-state index contributed by atoms with van der Waals surface area (Å²) in [5.41, 5.74) is 1.54. The lowest BCUT2D eigenvalue weighted by Crippen LogP contribution is -2.56. The standard InChI is InChI=1S/C25H32N4O5/c1-15(2)23(24(31)26-18-8-9-20(33-3)21(11-18)34-4)27-25(32)28-12-16-10-17(14-28)19-6-5-7-22(30)29(19)13-16/h5-9,11,15-17,23H,10,12-14H2,1-4H3,(H,26,31)(H,27,32)/t16-,17?,23+/m1/s1. The molecule has 2 aliphatic rings. The number of carbonyl (C=O) groups is 2. The van der Waals surface area contributed by atoms with E-state index in [1.807, 2.05) is 24.5 Å². The van der Waals surface area contributed by atoms with Gasteiger partial charge in [0.05, 0.1) is 14.2 Å². The number of benzene rings is 1. The molecule has 3 amide bonds. The number of amides is 3. The molecule has 0 saturated carbocycles. The second kappa shape index (κ2) is 9.79. The van der Waals surface area contributed by atoms with E-state index in [0.29, 0.717) is 36.8 Å². The molecule has 2 aliphatic heterocycles. The zero-order valence-electron chi connectivity index (χ0n) is 20.0. The van der Waals surface area contributed by atoms with Crippen molar-refractivity contribution in [2.75, 3.05) is 32.6 Å². The first-order valence-electron chi connectivity index (χ1n) is 11.6. The molecule has 1 aromatic carbocycles. The van der Waals surface area contributed by atoms with Crippen LogP contribution in [0, 0.1) is 11.8 Å². The number of likely N-dealkylation sites (tertiary alicyclic amines) is 1. The summed E-state index contributed by atoms with van der Waals surface area (Å²) in [6, 6.07) is 9.48. The number of rotatable bonds is 6. The molecule has 2 N–H and O–H groups in total. The average molecular weight is 469 g/mol. The highest BCUT2D eigenvalue weighted by molar-refractivity contribution is 5.97. The topological polar surface area (TPSA) is 102 Å². The Kier molecular flexibility index (Phi) is 6.81. The smallest absolute Gasteiger partial charge is 0.318 e. The average Bonchev–Trinajstić information content (AvgIpc) is 2.82. The van der Waals surface area contributed by atoms with Gasteiger partial charge in [-0.15, -0.1) is 0 Å². The number of hydrogen-bond acceptors (Lipinski definition) is 5. The van der Waals surface area contributed by atoms with Crippen molar-refractivity contribution in [1.82, 2.24) is 14.8 Å². The van der Waals surface area contributed by atoms with Gasteiger partial charge >= 0.3 is 6.03 Å². The van der Waals surface area contributed by atoms with Crippen molar-refractivity contribution in [2.45, 2.75) is 38.8 Å². The molecule has 1 unspecified atom stereocenters. The molecular formula is C25H32N4O5. The molecule has 1 aromatic heterocycles. The molecule has 9 heteroatoms. The summed E-state index contributed by atoms with van der Waals surface area (Å²) in [4.78, 5) is 40.3. The first-order valence-corrected chi connectivity index (χ1v) is 11.6. The van der Waals surface area contributed by atoms with Gasteiger partial charge in [-0.2, -0.15) is 0 Å². The Morgan fingerprint density at radius 3 is 2.50 bits per heavy atom. The summed E-state index contributed by atoms with van der Waals surface area (Å²) in [7, 11) is 3.08. The molecule has 2 bridgehead atoms. The fourth-order valence-corrected chi connectivity index (χ4v) is 4.96. The van der Waals surface area contributed by atoms with Gasteiger partial charge in [0.25, 0.3) is 5.56 Å². The van der Waals surface area contributed by atoms with Crippen molar-refractivity contribution in [3.63, 3.8) is 0 Å². The van der Waals surface area contributed by atoms with Crippen LogP contribution in [0.2, 0.25) is 0 Å². The van der Waals surface area contributed by atoms with Crippen LogP contribution >= 0.6 is 0 Å². The van der Waals surface area contributed by atoms with Crippen molar-refractivity contribution in [3.05, 3.63) is 52.4 Å². The zero-order valence-corrected chi connectivity index (χ0v) is 20.0. The minimum atomic E-state index is -0.711. The molecule has 1 saturated heterocycles. The SMILES string of the molecule is COc1ccc(NC(=O)[C@@H](NC(=O)N2CC3C[C@H](C2)Cn2c3cccc2=O)C(C)C)cc1OC. The number of aromatic nitrogens is 1. The van der Waals surface area contributed by atoms with Gasteiger partial charge < -0.3 is 29.6 Å². The molecule has 2 aromatic rings. The lowest BCUT2D eigenvalue weighted by Gasteiger charge is -2.43. The third-order valence-electron chi connectivity index (χ3n) is 6.65. The van der Waals surface area contributed by atoms with Crippen LogP contribution in [-0.4, -0.2) is 54.8 Å². The highest BCUT2D eigenvalue weighted by atomic mass is 16.5. The predicted octanol–water partition coefficient (Wildman–Crippen LogP) is 2.66. The maximum absolute atomic E-state index is 13.2. The quantitative estimate of drug-likeness (QED) is 0.679. The number of anilines is 1. The fraction of sp³-hybridized carbons (Fsp3) is 0.480. The van der Waals surface area contributed by atoms with Crippen LogP contribution in [0.25, 0.3) is 0 Å². The van der Waals surface area contributed by atoms with Gasteiger partial charge in [-0.3, -0.25) is 9.59 Å². The Hall–Kier alpha value is -3.49. The number of nitrogens with zero attached hydrogens (tertiary/aromatic N) is 2. The Labute approximate surface area is 199 Å². The number of nitrogens with one attached hydrogen (secondary N) is 2. The number of piperidine rings is 1. The number of pyridine rings is 1. The maximum atomic E-state index is 13.2. The normalized spacial score (nSPS) is 19.7. The number of methoxy groups -OCH3 is 2. The van der Waals surface area contributed by atoms with Gasteiger partial charge in [-0.1, -0.05) is 19.9 Å². The van der Waals surface area contributed by atoms with E-state index in [1.54, 1.807) is 42.3 Å². The van der Waals surface area contributed by atoms with E-state index in [1.165, 1.54) is 7.11 Å². The molecule has 0 radical (unpaired) electrons. The van der Waals surface area contributed by atoms with E-state index >= 15 is 0 Å². The van der Waals surface area contributed by atoms with Crippen LogP contribution in [0.4, 0.5) is 10.5 Å². The summed E-state index contributed by atoms with van der Waals surface area (Å²) in [5.74, 6) is 0.983. The van der Waals surface area contributed by atoms with Crippen molar-refractivity contribution < 1.29 is 19.1 Å². The summed E-state index contributed by atoms with van der Waals surface area (Å²) < 4.78 is 12.4. The minimum Gasteiger partial charge on any atom is -0.493 e. The second-order valence-corrected chi connectivity index (χ2v) is 9.33. The van der Waals surface area contributed by atoms with E-state index in [0.717, 1.165) is 12.1 Å². The van der Waals surface area contributed by atoms with Gasteiger partial charge in [0.15, 0.2) is 11.5 Å². The molecule has 0 spiro atoms. The third kappa shape index (κ3) is 4.73. The molecule has 1 fully saturated rings. The first kappa shape index (κ1) is 23.7. The lowest BCUT2D eigenvalue weighted by atomic mass is 9.83. The van der Waals surface area contributed by atoms with Crippen LogP contribution in [0.3, 0.4) is 0 Å². The van der Waals surface area contributed by atoms with Gasteiger partial charge in [0.1, 0.15) is 6.04 Å². The third-order valence-corrected chi connectivity index (χ3v) is 6.65. The number of urea groups is 1. The molecule has 3 heterocycles. The van der Waals surface area contributed by atoms with E-state index in [2.05, 4.69) is 10.6 Å². The van der Waals surface area contributed by atoms with E-state index in [4.69, 9.17) is 9.47 Å². The van der Waals surface area contributed by atoms with Crippen LogP contribution < -0.4 is 25.7 Å². The Balaban J connectivity index is 1.44. The Bertz CT molecular complexity index is 1130. The Morgan fingerprint density at radius 2 is 1.79 bits per heavy atom. The van der Waals surface area contributed by atoms with Gasteiger partial charge in [-0.25, -0.2) is 4.79 Å². The summed E-state index contributed by atoms with van der Waals surface area (Å²) in [6.07, 6.45) is 0.959. The first-order chi connectivity index (χ1) is 16.3. The fourth-order valence-electron chi connectivity index (χ4n) is 4.96. The molecular weight excluding hydrogens is 436 g/mol. The van der Waals surface area contributed by atoms with Crippen LogP contribution in [0.15, 0.2) is 41.2 Å². The van der Waals surface area contributed by atoms with Gasteiger partial charge in [-0.05, 0) is 36.5 Å². The summed E-state index contributed by atoms with van der Waals surface area (Å²) in [6.45, 7) is 5.49. The van der Waals surface area contributed by atoms with Crippen LogP contribution in [-0.2, 0) is 11.3 Å². The molecule has 3 atom stereocenters. The van der Waals surface area contributed by atoms with E-state index < -0.39 is 6.04 Å². The van der Waals surface area contributed by atoms with Gasteiger partial charge in [0.2, 0.25) is 5.91 Å².